The van der Waals surface area contributed by atoms with Crippen molar-refractivity contribution in [2.24, 2.45) is 3.77 Å². The Morgan fingerprint density at radius 1 is 1.31 bits per heavy atom. The lowest BCUT2D eigenvalue weighted by Crippen LogP contribution is -2.46. The fraction of sp³-hybridized carbons (Fsp3) is 0.632. The zero-order chi connectivity index (χ0) is 21.2. The van der Waals surface area contributed by atoms with E-state index in [2.05, 4.69) is 3.77 Å². The summed E-state index contributed by atoms with van der Waals surface area (Å²) in [6.07, 6.45) is 1.79. The van der Waals surface area contributed by atoms with Crippen LogP contribution in [-0.2, 0) is 31.0 Å². The van der Waals surface area contributed by atoms with Gasteiger partial charge in [-0.1, -0.05) is 6.92 Å². The molecule has 0 spiro atoms. The number of hydrogen-bond acceptors (Lipinski definition) is 6. The van der Waals surface area contributed by atoms with Crippen molar-refractivity contribution in [1.29, 1.82) is 0 Å². The van der Waals surface area contributed by atoms with Crippen LogP contribution in [0.3, 0.4) is 0 Å². The molecule has 162 valence electrons. The van der Waals surface area contributed by atoms with Crippen molar-refractivity contribution in [3.05, 3.63) is 23.8 Å². The van der Waals surface area contributed by atoms with E-state index in [4.69, 9.17) is 4.74 Å². The molecule has 2 atom stereocenters. The first-order valence-corrected chi connectivity index (χ1v) is 13.1. The maximum atomic E-state index is 13.3. The summed E-state index contributed by atoms with van der Waals surface area (Å²) in [4.78, 5) is 16.4. The molecule has 0 saturated carbocycles. The van der Waals surface area contributed by atoms with Gasteiger partial charge in [0.15, 0.2) is 0 Å². The summed E-state index contributed by atoms with van der Waals surface area (Å²) >= 11 is 0. The first-order valence-electron chi connectivity index (χ1n) is 9.85. The van der Waals surface area contributed by atoms with Gasteiger partial charge in [0.1, 0.15) is 5.75 Å². The summed E-state index contributed by atoms with van der Waals surface area (Å²) in [5.74, 6) is 0.907. The van der Waals surface area contributed by atoms with Crippen molar-refractivity contribution in [3.8, 4) is 5.75 Å². The van der Waals surface area contributed by atoms with Crippen LogP contribution in [0.25, 0.3) is 0 Å². The highest BCUT2D eigenvalue weighted by molar-refractivity contribution is 8.03. The SMILES string of the molecule is CC[C@H](C(=O)N1CCCS(=O)(=NS(=O)(=O)c2ccc3c(c2)CCO3)CC1)N(C)C. The van der Waals surface area contributed by atoms with Gasteiger partial charge >= 0.3 is 0 Å². The van der Waals surface area contributed by atoms with E-state index in [1.54, 1.807) is 17.0 Å². The topological polar surface area (TPSA) is 96.3 Å². The summed E-state index contributed by atoms with van der Waals surface area (Å²) in [6.45, 7) is 3.19. The number of sulfonamides is 1. The molecule has 10 heteroatoms. The molecule has 2 aliphatic heterocycles. The van der Waals surface area contributed by atoms with Crippen LogP contribution >= 0.6 is 0 Å². The second-order valence-corrected chi connectivity index (χ2v) is 12.0. The van der Waals surface area contributed by atoms with Crippen LogP contribution < -0.4 is 4.74 Å². The maximum Gasteiger partial charge on any atom is 0.290 e. The van der Waals surface area contributed by atoms with Gasteiger partial charge in [0, 0.05) is 25.3 Å². The lowest BCUT2D eigenvalue weighted by Gasteiger charge is -2.29. The van der Waals surface area contributed by atoms with Crippen molar-refractivity contribution in [3.63, 3.8) is 0 Å². The minimum atomic E-state index is -4.05. The second-order valence-electron chi connectivity index (χ2n) is 7.66. The first-order chi connectivity index (χ1) is 13.6. The van der Waals surface area contributed by atoms with Crippen molar-refractivity contribution in [2.75, 3.05) is 45.3 Å². The van der Waals surface area contributed by atoms with E-state index in [1.165, 1.54) is 6.07 Å². The summed E-state index contributed by atoms with van der Waals surface area (Å²) in [6, 6.07) is 4.39. The molecule has 29 heavy (non-hydrogen) atoms. The molecule has 0 bridgehead atoms. The molecule has 0 aromatic heterocycles. The molecular formula is C19H29N3O5S2. The number of carbonyl (C=O) groups is 1. The van der Waals surface area contributed by atoms with Gasteiger partial charge in [0.25, 0.3) is 10.0 Å². The van der Waals surface area contributed by atoms with Crippen LogP contribution in [0.5, 0.6) is 5.75 Å². The van der Waals surface area contributed by atoms with E-state index < -0.39 is 19.8 Å². The number of likely N-dealkylation sites (N-methyl/N-ethyl adjacent to an activating group) is 1. The Balaban J connectivity index is 1.81. The third kappa shape index (κ3) is 4.92. The van der Waals surface area contributed by atoms with Gasteiger partial charge in [-0.15, -0.1) is 3.77 Å². The van der Waals surface area contributed by atoms with E-state index in [0.29, 0.717) is 38.2 Å². The molecule has 1 amide bonds. The Kier molecular flexibility index (Phi) is 6.54. The fourth-order valence-corrected chi connectivity index (χ4v) is 7.95. The molecule has 1 saturated heterocycles. The summed E-state index contributed by atoms with van der Waals surface area (Å²) in [5, 5.41) is 0. The monoisotopic (exact) mass is 443 g/mol. The number of benzene rings is 1. The van der Waals surface area contributed by atoms with Gasteiger partial charge in [-0.2, -0.15) is 8.42 Å². The van der Waals surface area contributed by atoms with Gasteiger partial charge in [0.05, 0.1) is 33.0 Å². The number of rotatable bonds is 5. The maximum absolute atomic E-state index is 13.3. The minimum absolute atomic E-state index is 0.0115. The highest BCUT2D eigenvalue weighted by Crippen LogP contribution is 2.29. The Morgan fingerprint density at radius 3 is 2.76 bits per heavy atom. The van der Waals surface area contributed by atoms with E-state index >= 15 is 0 Å². The standard InChI is InChI=1S/C19H29N3O5S2/c1-4-17(21(2)3)19(23)22-9-5-12-28(24,13-10-22)20-29(25,26)16-6-7-18-15(14-16)8-11-27-18/h6-7,14,17H,4-5,8-13H2,1-3H3/t17-,28?/m1/s1. The zero-order valence-electron chi connectivity index (χ0n) is 17.2. The average molecular weight is 444 g/mol. The third-order valence-electron chi connectivity index (χ3n) is 5.37. The van der Waals surface area contributed by atoms with Gasteiger partial charge < -0.3 is 9.64 Å². The smallest absolute Gasteiger partial charge is 0.290 e. The molecule has 1 aromatic rings. The first kappa shape index (κ1) is 22.0. The summed E-state index contributed by atoms with van der Waals surface area (Å²) in [5.41, 5.74) is 0.822. The van der Waals surface area contributed by atoms with Crippen LogP contribution in [0.1, 0.15) is 25.3 Å². The van der Waals surface area contributed by atoms with E-state index in [1.807, 2.05) is 25.9 Å². The van der Waals surface area contributed by atoms with Crippen LogP contribution in [0.4, 0.5) is 0 Å². The molecular weight excluding hydrogens is 414 g/mol. The van der Waals surface area contributed by atoms with Crippen LogP contribution in [0.2, 0.25) is 0 Å². The van der Waals surface area contributed by atoms with Crippen molar-refractivity contribution in [2.45, 2.75) is 37.1 Å². The molecule has 1 unspecified atom stereocenters. The van der Waals surface area contributed by atoms with Gasteiger partial charge in [0.2, 0.25) is 5.91 Å². The highest BCUT2D eigenvalue weighted by Gasteiger charge is 2.29. The van der Waals surface area contributed by atoms with E-state index in [0.717, 1.165) is 5.56 Å². The third-order valence-corrected chi connectivity index (χ3v) is 9.84. The Morgan fingerprint density at radius 2 is 2.07 bits per heavy atom. The number of carbonyl (C=O) groups excluding carboxylic acids is 1. The number of hydrogen-bond donors (Lipinski definition) is 0. The summed E-state index contributed by atoms with van der Waals surface area (Å²) in [7, 11) is -3.30. The average Bonchev–Trinajstić information content (AvgIpc) is 3.03. The van der Waals surface area contributed by atoms with E-state index in [9.17, 15) is 17.4 Å². The largest absolute Gasteiger partial charge is 0.493 e. The fourth-order valence-electron chi connectivity index (χ4n) is 3.76. The number of ether oxygens (including phenoxy) is 1. The minimum Gasteiger partial charge on any atom is -0.493 e. The Hall–Kier alpha value is -1.65. The van der Waals surface area contributed by atoms with Crippen LogP contribution in [-0.4, -0.2) is 79.7 Å². The number of amides is 1. The van der Waals surface area contributed by atoms with Crippen molar-refractivity contribution >= 4 is 25.7 Å². The molecule has 0 radical (unpaired) electrons. The predicted molar refractivity (Wildman–Crippen MR) is 112 cm³/mol. The Labute approximate surface area is 173 Å². The number of nitrogens with zero attached hydrogens (tertiary/aromatic N) is 3. The Bertz CT molecular complexity index is 997. The van der Waals surface area contributed by atoms with Gasteiger partial charge in [-0.25, -0.2) is 4.21 Å². The number of fused-ring (bicyclic) bond motifs is 1. The zero-order valence-corrected chi connectivity index (χ0v) is 18.8. The lowest BCUT2D eigenvalue weighted by molar-refractivity contribution is -0.135. The molecule has 8 nitrogen and oxygen atoms in total. The van der Waals surface area contributed by atoms with E-state index in [-0.39, 0.29) is 34.9 Å². The van der Waals surface area contributed by atoms with Crippen molar-refractivity contribution < 1.29 is 22.2 Å². The molecule has 0 aliphatic carbocycles. The molecule has 1 aromatic carbocycles. The summed E-state index contributed by atoms with van der Waals surface area (Å²) < 4.78 is 48.1. The van der Waals surface area contributed by atoms with Crippen LogP contribution in [0.15, 0.2) is 26.9 Å². The molecule has 0 N–H and O–H groups in total. The predicted octanol–water partition coefficient (Wildman–Crippen LogP) is 1.35. The molecule has 1 fully saturated rings. The molecule has 3 rings (SSSR count). The molecule has 2 aliphatic rings. The normalized spacial score (nSPS) is 23.2. The van der Waals surface area contributed by atoms with Crippen molar-refractivity contribution in [1.82, 2.24) is 9.80 Å². The quantitative estimate of drug-likeness (QED) is 0.682. The van der Waals surface area contributed by atoms with Gasteiger partial charge in [-0.05, 0) is 50.7 Å². The van der Waals surface area contributed by atoms with Crippen LogP contribution in [0, 0.1) is 0 Å². The van der Waals surface area contributed by atoms with Gasteiger partial charge in [-0.3, -0.25) is 9.69 Å². The highest BCUT2D eigenvalue weighted by atomic mass is 32.3. The lowest BCUT2D eigenvalue weighted by atomic mass is 10.1. The molecule has 2 heterocycles. The second kappa shape index (κ2) is 8.61.